The maximum Gasteiger partial charge on any atom is 0.415 e. The molecular weight excluding hydrogens is 1050 g/mol. The minimum absolute atomic E-state index is 0.0119. The van der Waals surface area contributed by atoms with Crippen LogP contribution in [0.5, 0.6) is 23.0 Å². The van der Waals surface area contributed by atoms with Crippen LogP contribution in [-0.4, -0.2) is 165 Å². The van der Waals surface area contributed by atoms with Crippen molar-refractivity contribution < 1.29 is 97.4 Å². The number of carbonyl (C=O) groups excluding carboxylic acids is 8. The lowest BCUT2D eigenvalue weighted by Crippen LogP contribution is -2.56. The van der Waals surface area contributed by atoms with E-state index in [1.807, 2.05) is 6.07 Å². The number of hydrogen-bond donors (Lipinski definition) is 9. The first-order chi connectivity index (χ1) is 38.0. The highest BCUT2D eigenvalue weighted by molar-refractivity contribution is 6.31. The summed E-state index contributed by atoms with van der Waals surface area (Å²) >= 11 is 0. The minimum Gasteiger partial charge on any atom is -0.507 e. The highest BCUT2D eigenvalue weighted by atomic mass is 16.7. The standard InChI is InChI=1S/C56H64N4O20/c1-30(62)25-55(3,73)17-22-76-52(70)58-19-21-60(20-18-57-41(64)23-32-9-6-5-7-10-32)54(72)79-34-15-13-33(14-16-34)29-77-53(71)59-37-24-42(78-31(2)47(37)65)80-39-27-56(74,40(63)28-61)26-36-44(39)51(69)46-45(49(36)67)48(66)35-11-8-12-38(75-4)43(35)50(46)68/h5-16,31,37,39,42,47,61,65,67,69,73-74H,17-29H2,1-4H3,(H,57,64)(H,58,70)(H,59,71)/t31-,37-,39-,42-,47+,55?,56-/m0/s1. The molecule has 0 spiro atoms. The number of fused-ring (bicyclic) bond motifs is 3. The van der Waals surface area contributed by atoms with Gasteiger partial charge in [-0.1, -0.05) is 54.6 Å². The molecule has 4 aromatic carbocycles. The van der Waals surface area contributed by atoms with Crippen LogP contribution >= 0.6 is 0 Å². The Balaban J connectivity index is 0.966. The number of aliphatic hydroxyl groups excluding tert-OH is 2. The number of aliphatic hydroxyl groups is 4. The van der Waals surface area contributed by atoms with Crippen molar-refractivity contribution in [1.29, 1.82) is 0 Å². The Bertz CT molecular complexity index is 2990. The Morgan fingerprint density at radius 2 is 1.54 bits per heavy atom. The van der Waals surface area contributed by atoms with Crippen molar-refractivity contribution in [2.45, 2.75) is 108 Å². The van der Waals surface area contributed by atoms with Crippen LogP contribution in [0, 0.1) is 0 Å². The monoisotopic (exact) mass is 1110 g/mol. The van der Waals surface area contributed by atoms with Gasteiger partial charge in [0, 0.05) is 75.0 Å². The van der Waals surface area contributed by atoms with Crippen molar-refractivity contribution in [2.75, 3.05) is 46.5 Å². The highest BCUT2D eigenvalue weighted by Gasteiger charge is 2.50. The summed E-state index contributed by atoms with van der Waals surface area (Å²) in [6.45, 7) is 2.51. The van der Waals surface area contributed by atoms with E-state index in [4.69, 9.17) is 28.4 Å². The van der Waals surface area contributed by atoms with E-state index >= 15 is 0 Å². The third kappa shape index (κ3) is 14.2. The first kappa shape index (κ1) is 59.7. The molecule has 1 heterocycles. The number of ether oxygens (including phenoxy) is 6. The van der Waals surface area contributed by atoms with Gasteiger partial charge in [-0.05, 0) is 50.1 Å². The van der Waals surface area contributed by atoms with Crippen LogP contribution in [-0.2, 0) is 52.8 Å². The highest BCUT2D eigenvalue weighted by Crippen LogP contribution is 2.52. The molecule has 0 radical (unpaired) electrons. The van der Waals surface area contributed by atoms with Crippen LogP contribution in [0.4, 0.5) is 14.4 Å². The Morgan fingerprint density at radius 1 is 0.850 bits per heavy atom. The van der Waals surface area contributed by atoms with Crippen LogP contribution in [0.1, 0.15) is 107 Å². The fraction of sp³-hybridized carbons (Fsp3) is 0.429. The number of carbonyl (C=O) groups is 8. The van der Waals surface area contributed by atoms with E-state index in [-0.39, 0.29) is 111 Å². The summed E-state index contributed by atoms with van der Waals surface area (Å²) in [6, 6.07) is 18.1. The fourth-order valence-corrected chi connectivity index (χ4v) is 9.82. The van der Waals surface area contributed by atoms with Crippen molar-refractivity contribution in [3.8, 4) is 23.0 Å². The number of ketones is 4. The van der Waals surface area contributed by atoms with Gasteiger partial charge in [0.25, 0.3) is 0 Å². The van der Waals surface area contributed by atoms with Crippen LogP contribution in [0.3, 0.4) is 0 Å². The predicted octanol–water partition coefficient (Wildman–Crippen LogP) is 2.98. The molecule has 4 amide bonds. The molecule has 9 N–H and O–H groups in total. The molecule has 4 aromatic rings. The van der Waals surface area contributed by atoms with E-state index in [9.17, 15) is 69.0 Å². The number of Topliss-reactive ketones (excluding diaryl/α,β-unsaturated/α-hetero) is 2. The van der Waals surface area contributed by atoms with E-state index in [1.54, 1.807) is 24.3 Å². The van der Waals surface area contributed by atoms with E-state index in [2.05, 4.69) is 16.0 Å². The van der Waals surface area contributed by atoms with E-state index in [0.29, 0.717) is 5.56 Å². The van der Waals surface area contributed by atoms with Gasteiger partial charge in [-0.25, -0.2) is 14.4 Å². The van der Waals surface area contributed by atoms with E-state index < -0.39 is 120 Å². The summed E-state index contributed by atoms with van der Waals surface area (Å²) in [5, 5.41) is 74.4. The third-order valence-corrected chi connectivity index (χ3v) is 13.9. The van der Waals surface area contributed by atoms with E-state index in [0.717, 1.165) is 5.56 Å². The molecule has 2 aliphatic carbocycles. The minimum atomic E-state index is -2.42. The number of benzene rings is 4. The predicted molar refractivity (Wildman–Crippen MR) is 278 cm³/mol. The smallest absolute Gasteiger partial charge is 0.415 e. The Morgan fingerprint density at radius 3 is 2.21 bits per heavy atom. The summed E-state index contributed by atoms with van der Waals surface area (Å²) in [5.74, 6) is -4.78. The van der Waals surface area contributed by atoms with Gasteiger partial charge in [-0.15, -0.1) is 0 Å². The van der Waals surface area contributed by atoms with Crippen molar-refractivity contribution in [1.82, 2.24) is 20.9 Å². The van der Waals surface area contributed by atoms with E-state index in [1.165, 1.54) is 75.2 Å². The number of aromatic hydroxyl groups is 2. The first-order valence-electron chi connectivity index (χ1n) is 25.7. The Labute approximate surface area is 458 Å². The van der Waals surface area contributed by atoms with Gasteiger partial charge < -0.3 is 79.9 Å². The van der Waals surface area contributed by atoms with Crippen molar-refractivity contribution in [3.05, 3.63) is 117 Å². The average molecular weight is 1110 g/mol. The second-order valence-electron chi connectivity index (χ2n) is 20.0. The molecule has 0 bridgehead atoms. The first-order valence-corrected chi connectivity index (χ1v) is 25.7. The maximum atomic E-state index is 14.1. The molecule has 7 rings (SSSR count). The molecule has 1 fully saturated rings. The molecule has 1 unspecified atom stereocenters. The number of phenols is 2. The third-order valence-electron chi connectivity index (χ3n) is 13.9. The van der Waals surface area contributed by atoms with Gasteiger partial charge in [-0.2, -0.15) is 0 Å². The molecule has 7 atom stereocenters. The molecule has 24 heteroatoms. The summed E-state index contributed by atoms with van der Waals surface area (Å²) in [6.07, 6.45) is -9.55. The molecule has 0 aromatic heterocycles. The lowest BCUT2D eigenvalue weighted by atomic mass is 9.72. The van der Waals surface area contributed by atoms with Gasteiger partial charge in [0.2, 0.25) is 11.7 Å². The maximum absolute atomic E-state index is 14.1. The molecule has 0 saturated carbocycles. The Kier molecular flexibility index (Phi) is 19.3. The van der Waals surface area contributed by atoms with Gasteiger partial charge in [0.15, 0.2) is 17.9 Å². The van der Waals surface area contributed by atoms with Gasteiger partial charge in [0.05, 0.1) is 60.7 Å². The number of phenolic OH excluding ortho intramolecular Hbond substituents is 2. The molecule has 3 aliphatic rings. The summed E-state index contributed by atoms with van der Waals surface area (Å²) < 4.78 is 33.7. The quantitative estimate of drug-likeness (QED) is 0.0450. The van der Waals surface area contributed by atoms with Crippen LogP contribution < -0.4 is 25.4 Å². The van der Waals surface area contributed by atoms with Crippen molar-refractivity contribution >= 4 is 47.3 Å². The van der Waals surface area contributed by atoms with Gasteiger partial charge in [0.1, 0.15) is 53.7 Å². The molecule has 1 aliphatic heterocycles. The topological polar surface area (TPSA) is 353 Å². The lowest BCUT2D eigenvalue weighted by Gasteiger charge is -2.42. The molecule has 428 valence electrons. The zero-order valence-electron chi connectivity index (χ0n) is 44.4. The van der Waals surface area contributed by atoms with Gasteiger partial charge in [-0.3, -0.25) is 24.0 Å². The largest absolute Gasteiger partial charge is 0.507 e. The number of alkyl carbamates (subject to hydrolysis) is 2. The molecule has 24 nitrogen and oxygen atoms in total. The number of methoxy groups -OCH3 is 1. The van der Waals surface area contributed by atoms with Crippen LogP contribution in [0.15, 0.2) is 72.8 Å². The SMILES string of the molecule is COc1cccc2c1C(=O)c1c(O)c3c(c(O)c1C2=O)C[C@@](O)(C(=O)CO)C[C@@H]3O[C@H]1C[C@H](NC(=O)OCc2ccc(OC(=O)N(CCNC(=O)Cc3ccccc3)CCNC(=O)OCCC(C)(O)CC(C)=O)cc2)[C@H](O)[C@H](C)O1. The molecule has 1 saturated heterocycles. The summed E-state index contributed by atoms with van der Waals surface area (Å²) in [5.41, 5.74) is -4.55. The zero-order chi connectivity index (χ0) is 58.1. The second-order valence-corrected chi connectivity index (χ2v) is 20.0. The number of rotatable bonds is 22. The van der Waals surface area contributed by atoms with Crippen LogP contribution in [0.2, 0.25) is 0 Å². The number of nitrogens with zero attached hydrogens (tertiary/aromatic N) is 1. The Hall–Kier alpha value is -8.00. The van der Waals surface area contributed by atoms with Crippen molar-refractivity contribution in [3.63, 3.8) is 0 Å². The number of nitrogens with one attached hydrogen (secondary N) is 3. The summed E-state index contributed by atoms with van der Waals surface area (Å²) in [7, 11) is 1.28. The second kappa shape index (κ2) is 25.9. The lowest BCUT2D eigenvalue weighted by molar-refractivity contribution is -0.249. The average Bonchev–Trinajstić information content (AvgIpc) is 3.45. The summed E-state index contributed by atoms with van der Waals surface area (Å²) in [4.78, 5) is 105. The number of hydrogen-bond acceptors (Lipinski definition) is 20. The van der Waals surface area contributed by atoms with Gasteiger partial charge >= 0.3 is 18.3 Å². The fourth-order valence-electron chi connectivity index (χ4n) is 9.82. The normalized spacial score (nSPS) is 20.8. The zero-order valence-corrected chi connectivity index (χ0v) is 44.4. The molecule has 80 heavy (non-hydrogen) atoms. The van der Waals surface area contributed by atoms with Crippen molar-refractivity contribution in [2.24, 2.45) is 0 Å². The number of amides is 4. The van der Waals surface area contributed by atoms with Crippen LogP contribution in [0.25, 0.3) is 0 Å². The molecular formula is C56H64N4O20.